The Labute approximate surface area is 289 Å². The summed E-state index contributed by atoms with van der Waals surface area (Å²) in [6, 6.07) is 0. The van der Waals surface area contributed by atoms with E-state index in [1.165, 1.54) is 60.8 Å². The Balaban J connectivity index is 1.12. The first-order valence-corrected chi connectivity index (χ1v) is 16.6. The molecule has 12 nitrogen and oxygen atoms in total. The lowest BCUT2D eigenvalue weighted by Gasteiger charge is -2.46. The molecule has 2 saturated heterocycles. The number of hydrogen-bond donors (Lipinski definition) is 0. The second-order valence-corrected chi connectivity index (χ2v) is 14.9. The molecule has 0 radical (unpaired) electrons. The first-order chi connectivity index (χ1) is 23.4. The number of carbonyl (C=O) groups excluding carboxylic acids is 8. The van der Waals surface area contributed by atoms with Crippen LogP contribution in [0.4, 0.5) is 0 Å². The summed E-state index contributed by atoms with van der Waals surface area (Å²) in [5.74, 6) is -9.69. The molecule has 0 aromatic carbocycles. The summed E-state index contributed by atoms with van der Waals surface area (Å²) < 4.78 is 22.1. The summed E-state index contributed by atoms with van der Waals surface area (Å²) in [6.45, 7) is 7.47. The predicted octanol–water partition coefficient (Wildman–Crippen LogP) is 4.38. The van der Waals surface area contributed by atoms with Crippen molar-refractivity contribution in [2.45, 2.75) is 90.6 Å². The summed E-state index contributed by atoms with van der Waals surface area (Å²) in [5.41, 5.74) is -0.980. The maximum absolute atomic E-state index is 12.8. The molecular weight excluding hydrogens is 648 g/mol. The van der Waals surface area contributed by atoms with Crippen LogP contribution in [0.2, 0.25) is 0 Å². The quantitative estimate of drug-likeness (QED) is 0.127. The van der Waals surface area contributed by atoms with Gasteiger partial charge in [0.15, 0.2) is 17.5 Å². The molecule has 2 heterocycles. The molecule has 50 heavy (non-hydrogen) atoms. The summed E-state index contributed by atoms with van der Waals surface area (Å²) in [4.78, 5) is 101. The molecule has 0 aromatic heterocycles. The van der Waals surface area contributed by atoms with E-state index in [-0.39, 0.29) is 83.6 Å². The van der Waals surface area contributed by atoms with E-state index in [1.54, 1.807) is 0 Å². The first-order valence-electron chi connectivity index (χ1n) is 16.6. The van der Waals surface area contributed by atoms with E-state index in [1.807, 2.05) is 27.7 Å². The van der Waals surface area contributed by atoms with Gasteiger partial charge in [0.25, 0.3) is 11.6 Å². The fourth-order valence-electron chi connectivity index (χ4n) is 6.74. The van der Waals surface area contributed by atoms with Crippen molar-refractivity contribution in [1.29, 1.82) is 0 Å². The zero-order chi connectivity index (χ0) is 36.5. The molecule has 2 spiro atoms. The van der Waals surface area contributed by atoms with E-state index in [0.29, 0.717) is 12.8 Å². The van der Waals surface area contributed by atoms with Crippen LogP contribution in [-0.2, 0) is 57.3 Å². The predicted molar refractivity (Wildman–Crippen MR) is 174 cm³/mol. The molecule has 3 saturated carbocycles. The fraction of sp³-hybridized carbons (Fsp3) is 0.474. The summed E-state index contributed by atoms with van der Waals surface area (Å²) in [7, 11) is 0. The number of ketones is 4. The molecule has 12 heteroatoms. The Morgan fingerprint density at radius 3 is 1.36 bits per heavy atom. The Kier molecular flexibility index (Phi) is 9.96. The highest BCUT2D eigenvalue weighted by Crippen LogP contribution is 2.45. The van der Waals surface area contributed by atoms with Crippen molar-refractivity contribution in [3.63, 3.8) is 0 Å². The summed E-state index contributed by atoms with van der Waals surface area (Å²) in [6.07, 6.45) is 14.9. The van der Waals surface area contributed by atoms with E-state index in [2.05, 4.69) is 0 Å². The fourth-order valence-corrected chi connectivity index (χ4v) is 6.74. The largest absolute Gasteiger partial charge is 0.422 e. The average molecular weight is 689 g/mol. The Morgan fingerprint density at radius 1 is 0.480 bits per heavy atom. The van der Waals surface area contributed by atoms with Crippen LogP contribution >= 0.6 is 0 Å². The summed E-state index contributed by atoms with van der Waals surface area (Å²) >= 11 is 0. The Bertz CT molecular complexity index is 1630. The van der Waals surface area contributed by atoms with E-state index in [9.17, 15) is 38.4 Å². The van der Waals surface area contributed by atoms with Crippen LogP contribution in [0, 0.1) is 22.7 Å². The topological polar surface area (TPSA) is 173 Å². The molecule has 0 amide bonds. The Hall–Kier alpha value is -5.00. The molecule has 5 aliphatic rings. The molecule has 0 aromatic rings. The number of allylic oxidation sites excluding steroid dienone is 10. The van der Waals surface area contributed by atoms with Crippen molar-refractivity contribution < 1.29 is 57.3 Å². The van der Waals surface area contributed by atoms with Crippen LogP contribution in [0.15, 0.2) is 71.9 Å². The van der Waals surface area contributed by atoms with Crippen LogP contribution in [0.25, 0.3) is 0 Å². The second kappa shape index (κ2) is 13.7. The van der Waals surface area contributed by atoms with Gasteiger partial charge < -0.3 is 18.9 Å². The van der Waals surface area contributed by atoms with Gasteiger partial charge in [-0.25, -0.2) is 9.59 Å². The molecule has 0 bridgehead atoms. The van der Waals surface area contributed by atoms with Crippen molar-refractivity contribution >= 4 is 47.0 Å². The maximum Gasteiger partial charge on any atom is 0.348 e. The number of rotatable bonds is 6. The number of carbonyl (C=O) groups is 8. The monoisotopic (exact) mass is 688 g/mol. The van der Waals surface area contributed by atoms with E-state index < -0.39 is 47.3 Å². The third-order valence-corrected chi connectivity index (χ3v) is 9.31. The minimum atomic E-state index is -1.62. The van der Waals surface area contributed by atoms with Gasteiger partial charge in [0.2, 0.25) is 0 Å². The number of Topliss-reactive ketones (excluding diaryl/α,β-unsaturated/α-hetero) is 4. The number of ether oxygens (including phenoxy) is 4. The first kappa shape index (κ1) is 36.3. The molecule has 0 atom stereocenters. The van der Waals surface area contributed by atoms with Gasteiger partial charge >= 0.3 is 23.9 Å². The zero-order valence-corrected chi connectivity index (χ0v) is 28.5. The normalized spacial score (nSPS) is 30.5. The van der Waals surface area contributed by atoms with E-state index in [4.69, 9.17) is 18.9 Å². The SMILES string of the molecule is CC1(C)CC(=O)C(=C/C=C/C=C/C2C(=O)OC3(CCC4(CC3)OC(=O)C(=C/C=C/C=C/C3C(=O)CC(C)(C)CC3=O)C(=O)O4)OC2=O)C(=O)C1. The Morgan fingerprint density at radius 2 is 0.880 bits per heavy atom. The van der Waals surface area contributed by atoms with Crippen LogP contribution in [0.3, 0.4) is 0 Å². The van der Waals surface area contributed by atoms with Crippen LogP contribution < -0.4 is 0 Å². The highest BCUT2D eigenvalue weighted by atomic mass is 16.8. The van der Waals surface area contributed by atoms with Gasteiger partial charge in [0, 0.05) is 51.4 Å². The average Bonchev–Trinajstić information content (AvgIpc) is 2.98. The number of esters is 4. The molecule has 3 aliphatic carbocycles. The highest BCUT2D eigenvalue weighted by molar-refractivity contribution is 6.22. The molecule has 0 unspecified atom stereocenters. The maximum atomic E-state index is 12.8. The molecule has 264 valence electrons. The van der Waals surface area contributed by atoms with E-state index >= 15 is 0 Å². The van der Waals surface area contributed by atoms with Crippen molar-refractivity contribution in [3.05, 3.63) is 71.9 Å². The smallest absolute Gasteiger partial charge is 0.348 e. The molecule has 0 N–H and O–H groups in total. The van der Waals surface area contributed by atoms with Crippen molar-refractivity contribution in [3.8, 4) is 0 Å². The lowest BCUT2D eigenvalue weighted by atomic mass is 9.71. The minimum absolute atomic E-state index is 0.0899. The van der Waals surface area contributed by atoms with Crippen LogP contribution in [-0.4, -0.2) is 58.6 Å². The summed E-state index contributed by atoms with van der Waals surface area (Å²) in [5, 5.41) is 0. The highest BCUT2D eigenvalue weighted by Gasteiger charge is 2.57. The van der Waals surface area contributed by atoms with Gasteiger partial charge in [0.1, 0.15) is 17.1 Å². The van der Waals surface area contributed by atoms with Gasteiger partial charge in [-0.15, -0.1) is 0 Å². The minimum Gasteiger partial charge on any atom is -0.422 e. The lowest BCUT2D eigenvalue weighted by molar-refractivity contribution is -0.297. The molecule has 5 fully saturated rings. The third-order valence-electron chi connectivity index (χ3n) is 9.31. The van der Waals surface area contributed by atoms with Gasteiger partial charge in [-0.2, -0.15) is 0 Å². The van der Waals surface area contributed by atoms with Crippen molar-refractivity contribution in [2.24, 2.45) is 22.7 Å². The molecule has 5 rings (SSSR count). The zero-order valence-electron chi connectivity index (χ0n) is 28.5. The third kappa shape index (κ3) is 8.06. The van der Waals surface area contributed by atoms with E-state index in [0.717, 1.165) is 0 Å². The molecule has 2 aliphatic heterocycles. The van der Waals surface area contributed by atoms with Gasteiger partial charge in [-0.3, -0.25) is 28.8 Å². The van der Waals surface area contributed by atoms with Gasteiger partial charge in [-0.1, -0.05) is 76.3 Å². The second-order valence-electron chi connectivity index (χ2n) is 14.9. The van der Waals surface area contributed by atoms with Crippen LogP contribution in [0.5, 0.6) is 0 Å². The van der Waals surface area contributed by atoms with Gasteiger partial charge in [0.05, 0.1) is 11.5 Å². The van der Waals surface area contributed by atoms with Crippen molar-refractivity contribution in [1.82, 2.24) is 0 Å². The standard InChI is InChI=1S/C38H40O12/c1-35(2)19-27(39)23(28(40)20-35)11-7-5-9-13-25-31(43)47-37(48-32(25)44)15-17-38(18-16-37)49-33(45)26(34(46)50-38)14-10-6-8-12-24-29(41)21-36(3,4)22-30(24)42/h5-14,23,26H,15-22H2,1-4H3/b8-6+,9-5+,11-7+,14-10+,25-13?. The number of hydrogen-bond acceptors (Lipinski definition) is 12. The molecular formula is C38H40O12. The van der Waals surface area contributed by atoms with Gasteiger partial charge in [-0.05, 0) is 23.0 Å². The van der Waals surface area contributed by atoms with Crippen LogP contribution in [0.1, 0.15) is 79.1 Å². The van der Waals surface area contributed by atoms with Crippen molar-refractivity contribution in [2.75, 3.05) is 0 Å². The lowest BCUT2D eigenvalue weighted by Crippen LogP contribution is -2.57.